The number of nitrogens with zero attached hydrogens (tertiary/aromatic N) is 5. The largest absolute Gasteiger partial charge is 0.494 e. The number of fused-ring (bicyclic) bond motifs is 1. The summed E-state index contributed by atoms with van der Waals surface area (Å²) < 4.78 is 49.8. The van der Waals surface area contributed by atoms with E-state index in [-0.39, 0.29) is 53.1 Å². The van der Waals surface area contributed by atoms with Crippen LogP contribution in [0.4, 0.5) is 8.78 Å². The Balaban J connectivity index is 1.29. The highest BCUT2D eigenvalue weighted by atomic mass is 19.1. The Bertz CT molecular complexity index is 1980. The summed E-state index contributed by atoms with van der Waals surface area (Å²) in [5.41, 5.74) is 2.85. The topological polar surface area (TPSA) is 132 Å². The molecule has 1 atom stereocenters. The van der Waals surface area contributed by atoms with E-state index in [0.29, 0.717) is 41.4 Å². The lowest BCUT2D eigenvalue weighted by molar-refractivity contribution is -0.0589. The van der Waals surface area contributed by atoms with Crippen LogP contribution in [0.25, 0.3) is 22.3 Å². The van der Waals surface area contributed by atoms with Gasteiger partial charge in [-0.25, -0.2) is 28.5 Å². The maximum Gasteiger partial charge on any atom is 0.335 e. The van der Waals surface area contributed by atoms with Crippen molar-refractivity contribution in [3.05, 3.63) is 100 Å². The number of ether oxygens (including phenoxy) is 3. The third-order valence-electron chi connectivity index (χ3n) is 7.71. The van der Waals surface area contributed by atoms with Crippen LogP contribution in [-0.2, 0) is 24.3 Å². The van der Waals surface area contributed by atoms with E-state index in [1.807, 2.05) is 6.07 Å². The summed E-state index contributed by atoms with van der Waals surface area (Å²) >= 11 is 0. The molecule has 1 aliphatic rings. The number of halogens is 2. The SMILES string of the molecule is COc1cc(C(=O)O)cc2c1nc(Cc1cc(F)c(-c3cccc(OCc4ccc(C#N)nc4C)n3)cc1F)n2CC1CCO1. The predicted molar refractivity (Wildman–Crippen MR) is 158 cm³/mol. The van der Waals surface area contributed by atoms with Crippen LogP contribution in [0.2, 0.25) is 0 Å². The fourth-order valence-corrected chi connectivity index (χ4v) is 5.18. The molecule has 1 unspecified atom stereocenters. The van der Waals surface area contributed by atoms with Crippen molar-refractivity contribution >= 4 is 17.0 Å². The third-order valence-corrected chi connectivity index (χ3v) is 7.71. The molecule has 4 heterocycles. The van der Waals surface area contributed by atoms with Crippen LogP contribution < -0.4 is 9.47 Å². The van der Waals surface area contributed by atoms with E-state index in [0.717, 1.165) is 24.1 Å². The summed E-state index contributed by atoms with van der Waals surface area (Å²) in [7, 11) is 1.42. The van der Waals surface area contributed by atoms with Crippen LogP contribution in [-0.4, -0.2) is 50.4 Å². The Hall–Kier alpha value is -5.41. The first kappa shape index (κ1) is 29.7. The lowest BCUT2D eigenvalue weighted by Crippen LogP contribution is -2.31. The number of aromatic carboxylic acids is 1. The van der Waals surface area contributed by atoms with Crippen molar-refractivity contribution < 1.29 is 32.9 Å². The van der Waals surface area contributed by atoms with Gasteiger partial charge in [-0.2, -0.15) is 5.26 Å². The van der Waals surface area contributed by atoms with Crippen LogP contribution in [0.1, 0.15) is 45.1 Å². The molecular weight excluding hydrogens is 584 g/mol. The molecular formula is C33H27F2N5O5. The van der Waals surface area contributed by atoms with Gasteiger partial charge >= 0.3 is 5.97 Å². The second kappa shape index (κ2) is 12.3. The molecule has 228 valence electrons. The van der Waals surface area contributed by atoms with E-state index in [2.05, 4.69) is 15.0 Å². The highest BCUT2D eigenvalue weighted by Gasteiger charge is 2.25. The van der Waals surface area contributed by atoms with Gasteiger partial charge in [-0.1, -0.05) is 12.1 Å². The number of aromatic nitrogens is 4. The highest BCUT2D eigenvalue weighted by molar-refractivity contribution is 5.95. The second-order valence-corrected chi connectivity index (χ2v) is 10.6. The van der Waals surface area contributed by atoms with E-state index < -0.39 is 17.6 Å². The molecule has 1 N–H and O–H groups in total. The Morgan fingerprint density at radius 2 is 1.93 bits per heavy atom. The Kier molecular flexibility index (Phi) is 8.10. The van der Waals surface area contributed by atoms with E-state index in [4.69, 9.17) is 19.5 Å². The highest BCUT2D eigenvalue weighted by Crippen LogP contribution is 2.32. The monoisotopic (exact) mass is 611 g/mol. The van der Waals surface area contributed by atoms with Crippen molar-refractivity contribution in [3.8, 4) is 29.0 Å². The van der Waals surface area contributed by atoms with Crippen molar-refractivity contribution in [2.75, 3.05) is 13.7 Å². The number of rotatable bonds is 10. The summed E-state index contributed by atoms with van der Waals surface area (Å²) in [6.45, 7) is 2.88. The summed E-state index contributed by atoms with van der Waals surface area (Å²) in [6.07, 6.45) is 0.638. The van der Waals surface area contributed by atoms with Crippen LogP contribution in [0.15, 0.2) is 54.6 Å². The fraction of sp³-hybridized carbons (Fsp3) is 0.242. The van der Waals surface area contributed by atoms with Crippen molar-refractivity contribution in [1.82, 2.24) is 19.5 Å². The molecule has 0 amide bonds. The molecule has 1 saturated heterocycles. The molecule has 0 saturated carbocycles. The number of hydrogen-bond donors (Lipinski definition) is 1. The zero-order chi connectivity index (χ0) is 31.7. The van der Waals surface area contributed by atoms with E-state index >= 15 is 8.78 Å². The third kappa shape index (κ3) is 6.03. The van der Waals surface area contributed by atoms with E-state index in [1.54, 1.807) is 41.8 Å². The Morgan fingerprint density at radius 1 is 1.11 bits per heavy atom. The fourth-order valence-electron chi connectivity index (χ4n) is 5.18. The lowest BCUT2D eigenvalue weighted by atomic mass is 10.0. The quantitative estimate of drug-likeness (QED) is 0.214. The molecule has 0 radical (unpaired) electrons. The maximum atomic E-state index is 15.6. The number of pyridine rings is 2. The van der Waals surface area contributed by atoms with Gasteiger partial charge in [-0.3, -0.25) is 0 Å². The first-order valence-corrected chi connectivity index (χ1v) is 14.1. The predicted octanol–water partition coefficient (Wildman–Crippen LogP) is 5.62. The van der Waals surface area contributed by atoms with Gasteiger partial charge in [-0.15, -0.1) is 0 Å². The number of imidazole rings is 1. The molecule has 1 fully saturated rings. The number of nitriles is 1. The van der Waals surface area contributed by atoms with E-state index in [1.165, 1.54) is 19.2 Å². The zero-order valence-corrected chi connectivity index (χ0v) is 24.4. The molecule has 6 rings (SSSR count). The summed E-state index contributed by atoms with van der Waals surface area (Å²) in [4.78, 5) is 25.0. The first-order chi connectivity index (χ1) is 21.7. The van der Waals surface area contributed by atoms with Gasteiger partial charge in [0.05, 0.1) is 36.5 Å². The Morgan fingerprint density at radius 3 is 2.62 bits per heavy atom. The van der Waals surface area contributed by atoms with Gasteiger partial charge < -0.3 is 23.9 Å². The first-order valence-electron chi connectivity index (χ1n) is 14.1. The standard InChI is InChI=1S/C33H27F2N5O5/c1-18-19(6-7-22(15-36)37-18)17-45-31-5-3-4-27(38-31)24-14-25(34)20(10-26(24)35)13-30-39-32-28(40(30)16-23-8-9-44-23)11-21(33(41)42)12-29(32)43-2/h3-7,10-12,14,23H,8-9,13,16-17H2,1-2H3,(H,41,42). The van der Waals surface area contributed by atoms with Crippen molar-refractivity contribution in [2.45, 2.75) is 39.0 Å². The van der Waals surface area contributed by atoms with Gasteiger partial charge in [0.2, 0.25) is 5.88 Å². The summed E-state index contributed by atoms with van der Waals surface area (Å²) in [5.74, 6) is -1.58. The normalized spacial score (nSPS) is 14.2. The summed E-state index contributed by atoms with van der Waals surface area (Å²) in [5, 5.41) is 18.6. The van der Waals surface area contributed by atoms with Crippen LogP contribution in [0.3, 0.4) is 0 Å². The minimum atomic E-state index is -1.13. The number of carboxylic acids is 1. The number of hydrogen-bond acceptors (Lipinski definition) is 8. The van der Waals surface area contributed by atoms with Gasteiger partial charge in [0, 0.05) is 35.9 Å². The molecule has 5 aromatic rings. The second-order valence-electron chi connectivity index (χ2n) is 10.6. The molecule has 0 aliphatic carbocycles. The molecule has 0 spiro atoms. The number of carbonyl (C=O) groups is 1. The lowest BCUT2D eigenvalue weighted by Gasteiger charge is -2.27. The minimum Gasteiger partial charge on any atom is -0.494 e. The average molecular weight is 612 g/mol. The van der Waals surface area contributed by atoms with Gasteiger partial charge in [0.25, 0.3) is 0 Å². The van der Waals surface area contributed by atoms with Crippen molar-refractivity contribution in [1.29, 1.82) is 5.26 Å². The molecule has 1 aliphatic heterocycles. The summed E-state index contributed by atoms with van der Waals surface area (Å²) in [6, 6.07) is 15.2. The molecule has 3 aromatic heterocycles. The molecule has 45 heavy (non-hydrogen) atoms. The van der Waals surface area contributed by atoms with Crippen molar-refractivity contribution in [3.63, 3.8) is 0 Å². The number of benzene rings is 2. The van der Waals surface area contributed by atoms with Crippen LogP contribution in [0, 0.1) is 29.9 Å². The number of carboxylic acid groups (broad SMARTS) is 1. The zero-order valence-electron chi connectivity index (χ0n) is 24.4. The van der Waals surface area contributed by atoms with Gasteiger partial charge in [0.15, 0.2) is 0 Å². The number of aryl methyl sites for hydroxylation is 1. The smallest absolute Gasteiger partial charge is 0.335 e. The van der Waals surface area contributed by atoms with Gasteiger partial charge in [0.1, 0.15) is 47.1 Å². The molecule has 12 heteroatoms. The van der Waals surface area contributed by atoms with Crippen molar-refractivity contribution in [2.24, 2.45) is 0 Å². The maximum absolute atomic E-state index is 15.6. The number of methoxy groups -OCH3 is 1. The molecule has 2 aromatic carbocycles. The molecule has 10 nitrogen and oxygen atoms in total. The Labute approximate surface area is 256 Å². The van der Waals surface area contributed by atoms with Gasteiger partial charge in [-0.05, 0) is 55.3 Å². The van der Waals surface area contributed by atoms with Crippen LogP contribution >= 0.6 is 0 Å². The minimum absolute atomic E-state index is 0.0190. The average Bonchev–Trinajstić information content (AvgIpc) is 3.36. The molecule has 0 bridgehead atoms. The van der Waals surface area contributed by atoms with Crippen LogP contribution in [0.5, 0.6) is 11.6 Å². The van der Waals surface area contributed by atoms with E-state index in [9.17, 15) is 9.90 Å².